The molecule has 2 amide bonds. The highest BCUT2D eigenvalue weighted by Gasteiger charge is 1.99. The summed E-state index contributed by atoms with van der Waals surface area (Å²) >= 11 is 3.41. The molecule has 2 aromatic carbocycles. The van der Waals surface area contributed by atoms with E-state index in [-0.39, 0.29) is 6.03 Å². The predicted octanol–water partition coefficient (Wildman–Crippen LogP) is 4.27. The van der Waals surface area contributed by atoms with Crippen LogP contribution in [0.3, 0.4) is 0 Å². The highest BCUT2D eigenvalue weighted by atomic mass is 79.9. The molecule has 0 radical (unpaired) electrons. The largest absolute Gasteiger partial charge is 0.338 e. The third kappa shape index (κ3) is 5.37. The van der Waals surface area contributed by atoms with E-state index in [0.29, 0.717) is 6.54 Å². The Labute approximate surface area is 139 Å². The Balaban J connectivity index is 1.73. The first kappa shape index (κ1) is 16.3. The number of carbonyl (C=O) groups excluding carboxylic acids is 1. The molecule has 22 heavy (non-hydrogen) atoms. The summed E-state index contributed by atoms with van der Waals surface area (Å²) in [5.74, 6) is 0. The van der Waals surface area contributed by atoms with Crippen LogP contribution in [0.1, 0.15) is 16.7 Å². The van der Waals surface area contributed by atoms with Gasteiger partial charge in [-0.3, -0.25) is 0 Å². The van der Waals surface area contributed by atoms with E-state index in [1.165, 1.54) is 11.1 Å². The van der Waals surface area contributed by atoms with Crippen molar-refractivity contribution in [3.05, 3.63) is 75.9 Å². The fourth-order valence-electron chi connectivity index (χ4n) is 2.08. The van der Waals surface area contributed by atoms with Gasteiger partial charge in [0.05, 0.1) is 0 Å². The van der Waals surface area contributed by atoms with Crippen molar-refractivity contribution in [1.29, 1.82) is 0 Å². The van der Waals surface area contributed by atoms with Crippen LogP contribution in [0.4, 0.5) is 4.79 Å². The summed E-state index contributed by atoms with van der Waals surface area (Å²) in [4.78, 5) is 11.7. The second kappa shape index (κ2) is 8.39. The van der Waals surface area contributed by atoms with Gasteiger partial charge in [0.1, 0.15) is 0 Å². The van der Waals surface area contributed by atoms with E-state index in [2.05, 4.69) is 45.6 Å². The fraction of sp³-hybridized carbons (Fsp3) is 0.167. The van der Waals surface area contributed by atoms with Gasteiger partial charge in [-0.15, -0.1) is 0 Å². The summed E-state index contributed by atoms with van der Waals surface area (Å²) in [5.41, 5.74) is 3.53. The Morgan fingerprint density at radius 1 is 1.18 bits per heavy atom. The van der Waals surface area contributed by atoms with Gasteiger partial charge in [0.2, 0.25) is 0 Å². The summed E-state index contributed by atoms with van der Waals surface area (Å²) in [7, 11) is 0. The molecule has 0 aliphatic carbocycles. The molecule has 2 rings (SSSR count). The van der Waals surface area contributed by atoms with Crippen LogP contribution in [0, 0.1) is 6.92 Å². The van der Waals surface area contributed by atoms with Gasteiger partial charge in [-0.2, -0.15) is 0 Å². The third-order valence-electron chi connectivity index (χ3n) is 3.28. The van der Waals surface area contributed by atoms with Gasteiger partial charge >= 0.3 is 6.03 Å². The Morgan fingerprint density at radius 2 is 2.00 bits per heavy atom. The predicted molar refractivity (Wildman–Crippen MR) is 94.6 cm³/mol. The third-order valence-corrected chi connectivity index (χ3v) is 3.77. The lowest BCUT2D eigenvalue weighted by atomic mass is 10.1. The quantitative estimate of drug-likeness (QED) is 0.823. The van der Waals surface area contributed by atoms with Crippen LogP contribution in [0.5, 0.6) is 0 Å². The number of aryl methyl sites for hydroxylation is 1. The SMILES string of the molecule is Cc1ccccc1CCNC(=O)N/C=C/c1cccc(Br)c1. The standard InChI is InChI=1S/C18H19BrN2O/c1-14-5-2-3-7-16(14)10-12-21-18(22)20-11-9-15-6-4-8-17(19)13-15/h2-9,11,13H,10,12H2,1H3,(H2,20,21,22)/b11-9+. The van der Waals surface area contributed by atoms with Crippen LogP contribution < -0.4 is 10.6 Å². The van der Waals surface area contributed by atoms with Crippen LogP contribution in [0.25, 0.3) is 6.08 Å². The number of carbonyl (C=O) groups is 1. The average Bonchev–Trinajstić information content (AvgIpc) is 2.49. The molecule has 0 spiro atoms. The van der Waals surface area contributed by atoms with E-state index in [1.54, 1.807) is 6.20 Å². The van der Waals surface area contributed by atoms with Crippen molar-refractivity contribution >= 4 is 28.0 Å². The minimum atomic E-state index is -0.195. The number of hydrogen-bond donors (Lipinski definition) is 2. The second-order valence-corrected chi connectivity index (χ2v) is 5.88. The van der Waals surface area contributed by atoms with Crippen LogP contribution >= 0.6 is 15.9 Å². The number of nitrogens with one attached hydrogen (secondary N) is 2. The van der Waals surface area contributed by atoms with Crippen molar-refractivity contribution in [2.45, 2.75) is 13.3 Å². The normalized spacial score (nSPS) is 10.6. The van der Waals surface area contributed by atoms with Gasteiger partial charge in [-0.25, -0.2) is 4.79 Å². The van der Waals surface area contributed by atoms with Crippen LogP contribution in [-0.4, -0.2) is 12.6 Å². The molecule has 2 N–H and O–H groups in total. The Bertz CT molecular complexity index is 668. The molecule has 2 aromatic rings. The van der Waals surface area contributed by atoms with Crippen LogP contribution in [-0.2, 0) is 6.42 Å². The summed E-state index contributed by atoms with van der Waals surface area (Å²) in [6.07, 6.45) is 4.33. The molecule has 0 aromatic heterocycles. The fourth-order valence-corrected chi connectivity index (χ4v) is 2.49. The molecular weight excluding hydrogens is 340 g/mol. The minimum Gasteiger partial charge on any atom is -0.338 e. The van der Waals surface area contributed by atoms with Gasteiger partial charge in [-0.05, 0) is 48.2 Å². The first-order valence-corrected chi connectivity index (χ1v) is 7.95. The first-order chi connectivity index (χ1) is 10.6. The summed E-state index contributed by atoms with van der Waals surface area (Å²) in [6, 6.07) is 15.9. The number of rotatable bonds is 5. The number of amides is 2. The van der Waals surface area contributed by atoms with Gasteiger partial charge in [0.25, 0.3) is 0 Å². The molecule has 0 fully saturated rings. The smallest absolute Gasteiger partial charge is 0.318 e. The molecule has 0 aliphatic rings. The zero-order valence-electron chi connectivity index (χ0n) is 12.5. The summed E-state index contributed by atoms with van der Waals surface area (Å²) < 4.78 is 1.01. The monoisotopic (exact) mass is 358 g/mol. The number of benzene rings is 2. The number of urea groups is 1. The zero-order valence-corrected chi connectivity index (χ0v) is 14.1. The van der Waals surface area contributed by atoms with E-state index in [4.69, 9.17) is 0 Å². The van der Waals surface area contributed by atoms with Crippen molar-refractivity contribution in [2.75, 3.05) is 6.54 Å². The van der Waals surface area contributed by atoms with Gasteiger partial charge in [0, 0.05) is 17.2 Å². The molecule has 0 saturated heterocycles. The maximum Gasteiger partial charge on any atom is 0.318 e. The van der Waals surface area contributed by atoms with E-state index < -0.39 is 0 Å². The molecular formula is C18H19BrN2O. The lowest BCUT2D eigenvalue weighted by molar-refractivity contribution is 0.244. The van der Waals surface area contributed by atoms with E-state index in [1.807, 2.05) is 42.5 Å². The maximum atomic E-state index is 11.7. The summed E-state index contributed by atoms with van der Waals surface area (Å²) in [6.45, 7) is 2.69. The molecule has 0 heterocycles. The second-order valence-electron chi connectivity index (χ2n) is 4.97. The van der Waals surface area contributed by atoms with Gasteiger partial charge < -0.3 is 10.6 Å². The Morgan fingerprint density at radius 3 is 2.77 bits per heavy atom. The van der Waals surface area contributed by atoms with Crippen LogP contribution in [0.2, 0.25) is 0 Å². The minimum absolute atomic E-state index is 0.195. The average molecular weight is 359 g/mol. The molecule has 3 nitrogen and oxygen atoms in total. The zero-order chi connectivity index (χ0) is 15.8. The molecule has 0 unspecified atom stereocenters. The Hall–Kier alpha value is -2.07. The van der Waals surface area contributed by atoms with Crippen molar-refractivity contribution in [1.82, 2.24) is 10.6 Å². The van der Waals surface area contributed by atoms with E-state index in [0.717, 1.165) is 16.5 Å². The first-order valence-electron chi connectivity index (χ1n) is 7.16. The highest BCUT2D eigenvalue weighted by molar-refractivity contribution is 9.10. The molecule has 0 aliphatic heterocycles. The Kier molecular flexibility index (Phi) is 6.22. The number of hydrogen-bond acceptors (Lipinski definition) is 1. The molecule has 4 heteroatoms. The molecule has 114 valence electrons. The summed E-state index contributed by atoms with van der Waals surface area (Å²) in [5, 5.41) is 5.55. The lowest BCUT2D eigenvalue weighted by Crippen LogP contribution is -2.33. The topological polar surface area (TPSA) is 41.1 Å². The molecule has 0 bridgehead atoms. The maximum absolute atomic E-state index is 11.7. The van der Waals surface area contributed by atoms with Crippen molar-refractivity contribution in [3.63, 3.8) is 0 Å². The highest BCUT2D eigenvalue weighted by Crippen LogP contribution is 2.12. The van der Waals surface area contributed by atoms with Gasteiger partial charge in [0.15, 0.2) is 0 Å². The van der Waals surface area contributed by atoms with Crippen molar-refractivity contribution in [3.8, 4) is 0 Å². The molecule has 0 saturated carbocycles. The van der Waals surface area contributed by atoms with Crippen molar-refractivity contribution in [2.24, 2.45) is 0 Å². The van der Waals surface area contributed by atoms with Crippen molar-refractivity contribution < 1.29 is 4.79 Å². The number of halogens is 1. The molecule has 0 atom stereocenters. The van der Waals surface area contributed by atoms with E-state index in [9.17, 15) is 4.79 Å². The lowest BCUT2D eigenvalue weighted by Gasteiger charge is -2.07. The van der Waals surface area contributed by atoms with Gasteiger partial charge in [-0.1, -0.05) is 52.3 Å². The van der Waals surface area contributed by atoms with E-state index >= 15 is 0 Å². The van der Waals surface area contributed by atoms with Crippen LogP contribution in [0.15, 0.2) is 59.2 Å².